The molecule has 1 saturated heterocycles. The first-order valence-electron chi connectivity index (χ1n) is 9.18. The van der Waals surface area contributed by atoms with Gasteiger partial charge >= 0.3 is 0 Å². The number of benzene rings is 2. The minimum Gasteiger partial charge on any atom is -0.497 e. The second-order valence-corrected chi connectivity index (χ2v) is 7.28. The summed E-state index contributed by atoms with van der Waals surface area (Å²) in [4.78, 5) is 17.2. The molecule has 27 heavy (non-hydrogen) atoms. The molecule has 6 heteroatoms. The van der Waals surface area contributed by atoms with E-state index in [1.54, 1.807) is 13.2 Å². The first kappa shape index (κ1) is 19.5. The van der Waals surface area contributed by atoms with Gasteiger partial charge in [-0.1, -0.05) is 17.7 Å². The van der Waals surface area contributed by atoms with Gasteiger partial charge < -0.3 is 15.0 Å². The number of ether oxygens (including phenoxy) is 1. The SMILES string of the molecule is COc1ccc(N2CCN([C@H](C)C(=O)Nc3cc(Cl)ccc3C)CC2)cc1. The highest BCUT2D eigenvalue weighted by Gasteiger charge is 2.26. The number of piperazine rings is 1. The number of carbonyl (C=O) groups is 1. The van der Waals surface area contributed by atoms with Crippen LogP contribution in [0.4, 0.5) is 11.4 Å². The van der Waals surface area contributed by atoms with E-state index in [9.17, 15) is 4.79 Å². The fourth-order valence-corrected chi connectivity index (χ4v) is 3.46. The Morgan fingerprint density at radius 3 is 2.41 bits per heavy atom. The smallest absolute Gasteiger partial charge is 0.241 e. The van der Waals surface area contributed by atoms with Crippen LogP contribution < -0.4 is 15.0 Å². The van der Waals surface area contributed by atoms with E-state index in [0.29, 0.717) is 5.02 Å². The van der Waals surface area contributed by atoms with Gasteiger partial charge in [-0.15, -0.1) is 0 Å². The van der Waals surface area contributed by atoms with Gasteiger partial charge in [-0.3, -0.25) is 9.69 Å². The highest BCUT2D eigenvalue weighted by Crippen LogP contribution is 2.23. The summed E-state index contributed by atoms with van der Waals surface area (Å²) >= 11 is 6.05. The van der Waals surface area contributed by atoms with Crippen LogP contribution in [-0.2, 0) is 4.79 Å². The molecule has 1 aliphatic heterocycles. The van der Waals surface area contributed by atoms with Crippen LogP contribution in [0.3, 0.4) is 0 Å². The van der Waals surface area contributed by atoms with Gasteiger partial charge in [0.2, 0.25) is 5.91 Å². The lowest BCUT2D eigenvalue weighted by molar-refractivity contribution is -0.120. The predicted octanol–water partition coefficient (Wildman–Crippen LogP) is 3.81. The van der Waals surface area contributed by atoms with Crippen molar-refractivity contribution in [2.24, 2.45) is 0 Å². The lowest BCUT2D eigenvalue weighted by atomic mass is 10.1. The number of hydrogen-bond acceptors (Lipinski definition) is 4. The summed E-state index contributed by atoms with van der Waals surface area (Å²) in [6.45, 7) is 7.38. The van der Waals surface area contributed by atoms with Gasteiger partial charge in [0, 0.05) is 42.6 Å². The van der Waals surface area contributed by atoms with E-state index in [0.717, 1.165) is 43.2 Å². The highest BCUT2D eigenvalue weighted by molar-refractivity contribution is 6.31. The molecular formula is C21H26ClN3O2. The van der Waals surface area contributed by atoms with Crippen molar-refractivity contribution in [3.05, 3.63) is 53.1 Å². The van der Waals surface area contributed by atoms with E-state index in [4.69, 9.17) is 16.3 Å². The number of carbonyl (C=O) groups excluding carboxylic acids is 1. The maximum atomic E-state index is 12.7. The Morgan fingerprint density at radius 2 is 1.78 bits per heavy atom. The third-order valence-electron chi connectivity index (χ3n) is 5.14. The number of hydrogen-bond donors (Lipinski definition) is 1. The van der Waals surface area contributed by atoms with Crippen LogP contribution in [0, 0.1) is 6.92 Å². The van der Waals surface area contributed by atoms with Gasteiger partial charge in [0.25, 0.3) is 0 Å². The largest absolute Gasteiger partial charge is 0.497 e. The second kappa shape index (κ2) is 8.63. The summed E-state index contributed by atoms with van der Waals surface area (Å²) in [7, 11) is 1.67. The van der Waals surface area contributed by atoms with Crippen molar-refractivity contribution in [3.63, 3.8) is 0 Å². The Balaban J connectivity index is 1.56. The molecule has 5 nitrogen and oxygen atoms in total. The Morgan fingerprint density at radius 1 is 1.11 bits per heavy atom. The summed E-state index contributed by atoms with van der Waals surface area (Å²) in [6, 6.07) is 13.4. The molecule has 1 amide bonds. The van der Waals surface area contributed by atoms with Crippen LogP contribution in [0.2, 0.25) is 5.02 Å². The van der Waals surface area contributed by atoms with Crippen molar-refractivity contribution in [2.45, 2.75) is 19.9 Å². The van der Waals surface area contributed by atoms with Gasteiger partial charge in [0.05, 0.1) is 13.2 Å². The van der Waals surface area contributed by atoms with E-state index in [1.807, 2.05) is 38.1 Å². The summed E-state index contributed by atoms with van der Waals surface area (Å²) in [5.41, 5.74) is 2.96. The van der Waals surface area contributed by atoms with Gasteiger partial charge in [-0.25, -0.2) is 0 Å². The number of anilines is 2. The van der Waals surface area contributed by atoms with Crippen LogP contribution in [0.1, 0.15) is 12.5 Å². The molecular weight excluding hydrogens is 362 g/mol. The van der Waals surface area contributed by atoms with Crippen molar-refractivity contribution in [2.75, 3.05) is 43.5 Å². The summed E-state index contributed by atoms with van der Waals surface area (Å²) < 4.78 is 5.22. The minimum absolute atomic E-state index is 0.00161. The van der Waals surface area contributed by atoms with Gasteiger partial charge in [-0.05, 0) is 55.8 Å². The zero-order chi connectivity index (χ0) is 19.4. The standard InChI is InChI=1S/C21H26ClN3O2/c1-15-4-5-17(22)14-20(15)23-21(26)16(2)24-10-12-25(13-11-24)18-6-8-19(27-3)9-7-18/h4-9,14,16H,10-13H2,1-3H3,(H,23,26)/t16-/m1/s1. The number of aryl methyl sites for hydroxylation is 1. The van der Waals surface area contributed by atoms with Crippen LogP contribution in [0.5, 0.6) is 5.75 Å². The molecule has 3 rings (SSSR count). The highest BCUT2D eigenvalue weighted by atomic mass is 35.5. The first-order chi connectivity index (χ1) is 13.0. The van der Waals surface area contributed by atoms with E-state index >= 15 is 0 Å². The molecule has 0 radical (unpaired) electrons. The normalized spacial score (nSPS) is 16.1. The Labute approximate surface area is 165 Å². The fourth-order valence-electron chi connectivity index (χ4n) is 3.29. The monoisotopic (exact) mass is 387 g/mol. The van der Waals surface area contributed by atoms with Crippen molar-refractivity contribution in [1.82, 2.24) is 4.90 Å². The zero-order valence-electron chi connectivity index (χ0n) is 16.0. The summed E-state index contributed by atoms with van der Waals surface area (Å²) in [5, 5.41) is 3.63. The predicted molar refractivity (Wildman–Crippen MR) is 111 cm³/mol. The van der Waals surface area contributed by atoms with Crippen molar-refractivity contribution < 1.29 is 9.53 Å². The maximum absolute atomic E-state index is 12.7. The maximum Gasteiger partial charge on any atom is 0.241 e. The van der Waals surface area contributed by atoms with Crippen LogP contribution in [0.15, 0.2) is 42.5 Å². The molecule has 144 valence electrons. The number of nitrogens with one attached hydrogen (secondary N) is 1. The number of nitrogens with zero attached hydrogens (tertiary/aromatic N) is 2. The van der Waals surface area contributed by atoms with Gasteiger partial charge in [0.15, 0.2) is 0 Å². The van der Waals surface area contributed by atoms with Crippen molar-refractivity contribution in [1.29, 1.82) is 0 Å². The Hall–Kier alpha value is -2.24. The Bertz CT molecular complexity index is 787. The van der Waals surface area contributed by atoms with E-state index in [-0.39, 0.29) is 11.9 Å². The third-order valence-corrected chi connectivity index (χ3v) is 5.37. The molecule has 0 unspecified atom stereocenters. The number of halogens is 1. The molecule has 0 aliphatic carbocycles. The molecule has 0 bridgehead atoms. The van der Waals surface area contributed by atoms with E-state index in [2.05, 4.69) is 27.2 Å². The Kier molecular flexibility index (Phi) is 6.24. The van der Waals surface area contributed by atoms with Gasteiger partial charge in [-0.2, -0.15) is 0 Å². The summed E-state index contributed by atoms with van der Waals surface area (Å²) in [5.74, 6) is 0.859. The van der Waals surface area contributed by atoms with E-state index < -0.39 is 0 Å². The second-order valence-electron chi connectivity index (χ2n) is 6.85. The van der Waals surface area contributed by atoms with Crippen molar-refractivity contribution >= 4 is 28.9 Å². The quantitative estimate of drug-likeness (QED) is 0.847. The third kappa shape index (κ3) is 4.73. The topological polar surface area (TPSA) is 44.8 Å². The lowest BCUT2D eigenvalue weighted by Gasteiger charge is -2.38. The number of amides is 1. The number of methoxy groups -OCH3 is 1. The molecule has 1 N–H and O–H groups in total. The lowest BCUT2D eigenvalue weighted by Crippen LogP contribution is -2.52. The molecule has 0 aromatic heterocycles. The molecule has 1 aliphatic rings. The van der Waals surface area contributed by atoms with Crippen LogP contribution in [0.25, 0.3) is 0 Å². The van der Waals surface area contributed by atoms with Crippen LogP contribution >= 0.6 is 11.6 Å². The van der Waals surface area contributed by atoms with E-state index in [1.165, 1.54) is 5.69 Å². The molecule has 0 saturated carbocycles. The fraction of sp³-hybridized carbons (Fsp3) is 0.381. The molecule has 1 fully saturated rings. The van der Waals surface area contributed by atoms with Crippen molar-refractivity contribution in [3.8, 4) is 5.75 Å². The number of rotatable bonds is 5. The molecule has 2 aromatic carbocycles. The summed E-state index contributed by atoms with van der Waals surface area (Å²) in [6.07, 6.45) is 0. The molecule has 0 spiro atoms. The molecule has 2 aromatic rings. The van der Waals surface area contributed by atoms with Crippen LogP contribution in [-0.4, -0.2) is 50.1 Å². The molecule has 1 atom stereocenters. The minimum atomic E-state index is -0.193. The molecule has 1 heterocycles. The zero-order valence-corrected chi connectivity index (χ0v) is 16.8. The van der Waals surface area contributed by atoms with Gasteiger partial charge in [0.1, 0.15) is 5.75 Å². The average molecular weight is 388 g/mol. The average Bonchev–Trinajstić information content (AvgIpc) is 2.70. The first-order valence-corrected chi connectivity index (χ1v) is 9.56.